The van der Waals surface area contributed by atoms with Crippen molar-refractivity contribution in [1.29, 1.82) is 0 Å². The fraction of sp³-hybridized carbons (Fsp3) is 0.846. The Hall–Kier alpha value is -1.51. The third kappa shape index (κ3) is 36.1. The Morgan fingerprint density at radius 2 is 1.10 bits per heavy atom. The van der Waals surface area contributed by atoms with E-state index < -0.39 is 26.5 Å². The van der Waals surface area contributed by atoms with Crippen molar-refractivity contribution >= 4 is 19.8 Å². The molecule has 288 valence electrons. The van der Waals surface area contributed by atoms with E-state index in [1.165, 1.54) is 83.5 Å². The van der Waals surface area contributed by atoms with Crippen molar-refractivity contribution in [1.82, 2.24) is 5.32 Å². The molecule has 0 saturated carbocycles. The molecule has 49 heavy (non-hydrogen) atoms. The molecule has 0 aromatic rings. The van der Waals surface area contributed by atoms with Gasteiger partial charge in [0, 0.05) is 19.4 Å². The molecule has 0 radical (unpaired) electrons. The van der Waals surface area contributed by atoms with Crippen LogP contribution in [0.2, 0.25) is 0 Å². The summed E-state index contributed by atoms with van der Waals surface area (Å²) in [5, 5.41) is 2.82. The lowest BCUT2D eigenvalue weighted by molar-refractivity contribution is -0.161. The molecule has 0 aliphatic carbocycles. The Labute approximate surface area is 300 Å². The monoisotopic (exact) mass is 716 g/mol. The van der Waals surface area contributed by atoms with E-state index in [9.17, 15) is 19.0 Å². The maximum absolute atomic E-state index is 12.5. The number of hydrogen-bond donors (Lipinski definition) is 2. The Kier molecular flexibility index (Phi) is 35.2. The molecule has 0 bridgehead atoms. The predicted molar refractivity (Wildman–Crippen MR) is 202 cm³/mol. The van der Waals surface area contributed by atoms with E-state index in [2.05, 4.69) is 43.5 Å². The number of carbonyl (C=O) groups excluding carboxylic acids is 2. The van der Waals surface area contributed by atoms with E-state index in [1.807, 2.05) is 0 Å². The Morgan fingerprint density at radius 3 is 1.65 bits per heavy atom. The number of carbonyl (C=O) groups is 2. The minimum absolute atomic E-state index is 0.0176. The first kappa shape index (κ1) is 47.5. The first-order chi connectivity index (χ1) is 23.8. The van der Waals surface area contributed by atoms with Gasteiger partial charge in [0.15, 0.2) is 6.10 Å². The van der Waals surface area contributed by atoms with E-state index in [1.54, 1.807) is 7.05 Å². The van der Waals surface area contributed by atoms with E-state index in [-0.39, 0.29) is 32.0 Å². The molecule has 0 aliphatic heterocycles. The molecule has 0 spiro atoms. The van der Waals surface area contributed by atoms with E-state index >= 15 is 0 Å². The predicted octanol–water partition coefficient (Wildman–Crippen LogP) is 10.7. The molecule has 0 aromatic carbocycles. The second-order valence-electron chi connectivity index (χ2n) is 13.1. The summed E-state index contributed by atoms with van der Waals surface area (Å²) < 4.78 is 33.1. The third-order valence-corrected chi connectivity index (χ3v) is 9.31. The number of phosphoric acid groups is 1. The molecule has 9 nitrogen and oxygen atoms in total. The lowest BCUT2D eigenvalue weighted by Gasteiger charge is -2.20. The molecular weight excluding hydrogens is 641 g/mol. The normalized spacial score (nSPS) is 13.6. The molecule has 10 heteroatoms. The maximum atomic E-state index is 12.5. The van der Waals surface area contributed by atoms with Crippen LogP contribution in [0.1, 0.15) is 174 Å². The zero-order valence-electron chi connectivity index (χ0n) is 31.6. The first-order valence-electron chi connectivity index (χ1n) is 19.8. The fourth-order valence-electron chi connectivity index (χ4n) is 5.29. The summed E-state index contributed by atoms with van der Waals surface area (Å²) in [5.41, 5.74) is 0. The van der Waals surface area contributed by atoms with E-state index in [0.717, 1.165) is 57.8 Å². The highest BCUT2D eigenvalue weighted by Crippen LogP contribution is 2.43. The average molecular weight is 716 g/mol. The van der Waals surface area contributed by atoms with Crippen LogP contribution in [0.4, 0.5) is 0 Å². The van der Waals surface area contributed by atoms with E-state index in [4.69, 9.17) is 18.5 Å². The second kappa shape index (κ2) is 36.3. The maximum Gasteiger partial charge on any atom is 0.472 e. The van der Waals surface area contributed by atoms with Gasteiger partial charge in [-0.2, -0.15) is 0 Å². The van der Waals surface area contributed by atoms with E-state index in [0.29, 0.717) is 13.0 Å². The van der Waals surface area contributed by atoms with Crippen molar-refractivity contribution in [3.05, 3.63) is 24.3 Å². The van der Waals surface area contributed by atoms with Crippen LogP contribution in [0.5, 0.6) is 0 Å². The molecule has 0 rings (SSSR count). The number of likely N-dealkylation sites (N-methyl/N-ethyl adjacent to an activating group) is 1. The van der Waals surface area contributed by atoms with Crippen molar-refractivity contribution in [3.8, 4) is 0 Å². The topological polar surface area (TPSA) is 120 Å². The van der Waals surface area contributed by atoms with Gasteiger partial charge in [-0.05, 0) is 52.0 Å². The number of hydrogen-bond acceptors (Lipinski definition) is 8. The van der Waals surface area contributed by atoms with Gasteiger partial charge in [0.05, 0.1) is 13.2 Å². The molecule has 2 N–H and O–H groups in total. The average Bonchev–Trinajstić information content (AvgIpc) is 3.08. The van der Waals surface area contributed by atoms with Gasteiger partial charge < -0.3 is 19.7 Å². The highest BCUT2D eigenvalue weighted by molar-refractivity contribution is 7.47. The molecule has 0 aromatic heterocycles. The van der Waals surface area contributed by atoms with Crippen LogP contribution in [0.15, 0.2) is 24.3 Å². The Bertz CT molecular complexity index is 866. The Morgan fingerprint density at radius 1 is 0.633 bits per heavy atom. The van der Waals surface area contributed by atoms with Gasteiger partial charge in [-0.3, -0.25) is 18.6 Å². The van der Waals surface area contributed by atoms with Gasteiger partial charge in [0.1, 0.15) is 6.61 Å². The zero-order chi connectivity index (χ0) is 36.1. The number of ether oxygens (including phenoxy) is 2. The molecule has 2 atom stereocenters. The Balaban J connectivity index is 4.28. The summed E-state index contributed by atoms with van der Waals surface area (Å²) >= 11 is 0. The van der Waals surface area contributed by atoms with Gasteiger partial charge in [-0.1, -0.05) is 141 Å². The number of phosphoric ester groups is 1. The lowest BCUT2D eigenvalue weighted by atomic mass is 10.0. The van der Waals surface area contributed by atoms with Crippen molar-refractivity contribution in [3.63, 3.8) is 0 Å². The number of unbranched alkanes of at least 4 members (excludes halogenated alkanes) is 19. The minimum Gasteiger partial charge on any atom is -0.462 e. The highest BCUT2D eigenvalue weighted by atomic mass is 31.2. The molecular formula is C39H74NO8P. The standard InChI is InChI=1S/C39H74NO8P/c1-4-6-8-10-12-14-16-18-19-20-22-23-25-27-29-31-38(41)45-35-37(36-47-49(43,44)46-34-33-40-3)48-39(42)32-30-28-26-24-21-17-15-13-11-9-7-5-2/h12,14,18-19,37,40H,4-11,13,15-17,20-36H2,1-3H3,(H,43,44)/b14-12-,19-18-. The fourth-order valence-corrected chi connectivity index (χ4v) is 6.04. The van der Waals surface area contributed by atoms with Crippen LogP contribution < -0.4 is 5.32 Å². The minimum atomic E-state index is -4.34. The van der Waals surface area contributed by atoms with Crippen LogP contribution in [0.25, 0.3) is 0 Å². The number of nitrogens with one attached hydrogen (secondary N) is 1. The smallest absolute Gasteiger partial charge is 0.462 e. The number of esters is 2. The summed E-state index contributed by atoms with van der Waals surface area (Å²) in [6.07, 6.45) is 35.0. The molecule has 2 unspecified atom stereocenters. The first-order valence-corrected chi connectivity index (χ1v) is 21.3. The summed E-state index contributed by atoms with van der Waals surface area (Å²) in [4.78, 5) is 34.9. The number of allylic oxidation sites excluding steroid dienone is 4. The van der Waals surface area contributed by atoms with Gasteiger partial charge >= 0.3 is 19.8 Å². The van der Waals surface area contributed by atoms with Gasteiger partial charge in [-0.25, -0.2) is 4.57 Å². The van der Waals surface area contributed by atoms with Gasteiger partial charge in [0.2, 0.25) is 0 Å². The summed E-state index contributed by atoms with van der Waals surface area (Å²) in [7, 11) is -2.65. The van der Waals surface area contributed by atoms with Crippen molar-refractivity contribution in [2.45, 2.75) is 180 Å². The third-order valence-electron chi connectivity index (χ3n) is 8.32. The van der Waals surface area contributed by atoms with Crippen LogP contribution in [-0.4, -0.2) is 56.3 Å². The van der Waals surface area contributed by atoms with Gasteiger partial charge in [0.25, 0.3) is 0 Å². The summed E-state index contributed by atoms with van der Waals surface area (Å²) in [5.74, 6) is -0.820. The molecule has 0 amide bonds. The SMILES string of the molecule is CCCCC/C=C\C/C=C\CCCCCCCC(=O)OCC(COP(=O)(O)OCCNC)OC(=O)CCCCCCCCCCCCCC. The lowest BCUT2D eigenvalue weighted by Crippen LogP contribution is -2.29. The number of rotatable bonds is 37. The van der Waals surface area contributed by atoms with Gasteiger partial charge in [-0.15, -0.1) is 0 Å². The van der Waals surface area contributed by atoms with Crippen LogP contribution in [0, 0.1) is 0 Å². The van der Waals surface area contributed by atoms with Crippen molar-refractivity contribution < 1.29 is 37.6 Å². The molecule has 0 fully saturated rings. The molecule has 0 aliphatic rings. The molecule has 0 saturated heterocycles. The largest absolute Gasteiger partial charge is 0.472 e. The van der Waals surface area contributed by atoms with Crippen molar-refractivity contribution in [2.75, 3.05) is 33.4 Å². The molecule has 0 heterocycles. The highest BCUT2D eigenvalue weighted by Gasteiger charge is 2.26. The second-order valence-corrected chi connectivity index (χ2v) is 14.6. The summed E-state index contributed by atoms with van der Waals surface area (Å²) in [6, 6.07) is 0. The van der Waals surface area contributed by atoms with Crippen molar-refractivity contribution in [2.24, 2.45) is 0 Å². The van der Waals surface area contributed by atoms with Crippen LogP contribution >= 0.6 is 7.82 Å². The summed E-state index contributed by atoms with van der Waals surface area (Å²) in [6.45, 7) is 4.17. The van der Waals surface area contributed by atoms with Crippen LogP contribution in [0.3, 0.4) is 0 Å². The zero-order valence-corrected chi connectivity index (χ0v) is 32.5. The quantitative estimate of drug-likeness (QED) is 0.0280. The van der Waals surface area contributed by atoms with Crippen LogP contribution in [-0.2, 0) is 32.7 Å².